The molecule has 2 aromatic carbocycles. The highest BCUT2D eigenvalue weighted by Gasteiger charge is 2.27. The Labute approximate surface area is 204 Å². The van der Waals surface area contributed by atoms with Gasteiger partial charge in [0.25, 0.3) is 5.91 Å². The molecule has 4 aromatic rings. The molecule has 1 N–H and O–H groups in total. The van der Waals surface area contributed by atoms with Crippen molar-refractivity contribution in [3.8, 4) is 0 Å². The monoisotopic (exact) mass is 473 g/mol. The Kier molecular flexibility index (Phi) is 6.00. The van der Waals surface area contributed by atoms with Crippen molar-refractivity contribution in [1.82, 2.24) is 19.6 Å². The first-order chi connectivity index (χ1) is 16.4. The first kappa shape index (κ1) is 22.4. The van der Waals surface area contributed by atoms with Gasteiger partial charge in [0, 0.05) is 5.56 Å². The molecule has 0 saturated carbocycles. The van der Waals surface area contributed by atoms with E-state index in [0.29, 0.717) is 28.8 Å². The Morgan fingerprint density at radius 1 is 1.12 bits per heavy atom. The van der Waals surface area contributed by atoms with E-state index in [4.69, 9.17) is 11.6 Å². The Morgan fingerprint density at radius 2 is 1.88 bits per heavy atom. The number of benzene rings is 2. The molecule has 0 bridgehead atoms. The van der Waals surface area contributed by atoms with Crippen LogP contribution in [0.15, 0.2) is 54.7 Å². The number of fused-ring (bicyclic) bond motifs is 1. The molecule has 0 saturated heterocycles. The van der Waals surface area contributed by atoms with Gasteiger partial charge in [-0.2, -0.15) is 10.2 Å². The number of aromatic nitrogens is 4. The summed E-state index contributed by atoms with van der Waals surface area (Å²) in [5.41, 5.74) is 6.79. The second-order valence-electron chi connectivity index (χ2n) is 9.08. The minimum atomic E-state index is -0.272. The molecule has 7 heteroatoms. The summed E-state index contributed by atoms with van der Waals surface area (Å²) in [6, 6.07) is 16.8. The summed E-state index contributed by atoms with van der Waals surface area (Å²) in [7, 11) is 0. The molecule has 1 aliphatic rings. The van der Waals surface area contributed by atoms with Crippen molar-refractivity contribution in [2.75, 3.05) is 5.32 Å². The SMILES string of the molecule is Cc1ccc(Cn2nc(C)c(C(=O)Nc3c(C)cnn3C3CCCc4ccccc43)c2Cl)cc1. The first-order valence-electron chi connectivity index (χ1n) is 11.6. The number of aryl methyl sites for hydroxylation is 4. The van der Waals surface area contributed by atoms with Crippen LogP contribution < -0.4 is 5.32 Å². The summed E-state index contributed by atoms with van der Waals surface area (Å²) in [5.74, 6) is 0.431. The molecule has 1 atom stereocenters. The number of hydrogen-bond donors (Lipinski definition) is 1. The fourth-order valence-corrected chi connectivity index (χ4v) is 5.10. The zero-order valence-electron chi connectivity index (χ0n) is 19.7. The third-order valence-corrected chi connectivity index (χ3v) is 6.97. The molecule has 0 aliphatic heterocycles. The van der Waals surface area contributed by atoms with Crippen molar-refractivity contribution in [1.29, 1.82) is 0 Å². The summed E-state index contributed by atoms with van der Waals surface area (Å²) in [5, 5.41) is 12.6. The molecule has 1 aliphatic carbocycles. The number of carbonyl (C=O) groups is 1. The average Bonchev–Trinajstić information content (AvgIpc) is 3.33. The highest BCUT2D eigenvalue weighted by molar-refractivity contribution is 6.33. The lowest BCUT2D eigenvalue weighted by Gasteiger charge is -2.27. The predicted molar refractivity (Wildman–Crippen MR) is 135 cm³/mol. The van der Waals surface area contributed by atoms with Gasteiger partial charge in [0.1, 0.15) is 11.0 Å². The smallest absolute Gasteiger partial charge is 0.261 e. The van der Waals surface area contributed by atoms with Crippen LogP contribution in [0.1, 0.15) is 62.8 Å². The van der Waals surface area contributed by atoms with Crippen LogP contribution in [-0.2, 0) is 13.0 Å². The highest BCUT2D eigenvalue weighted by atomic mass is 35.5. The number of nitrogens with zero attached hydrogens (tertiary/aromatic N) is 4. The van der Waals surface area contributed by atoms with E-state index in [1.807, 2.05) is 36.9 Å². The van der Waals surface area contributed by atoms with Gasteiger partial charge in [-0.05, 0) is 56.7 Å². The zero-order chi connectivity index (χ0) is 23.8. The van der Waals surface area contributed by atoms with E-state index in [-0.39, 0.29) is 11.9 Å². The molecule has 2 aromatic heterocycles. The molecule has 0 fully saturated rings. The van der Waals surface area contributed by atoms with E-state index in [0.717, 1.165) is 30.4 Å². The largest absolute Gasteiger partial charge is 0.306 e. The van der Waals surface area contributed by atoms with Crippen LogP contribution in [0.25, 0.3) is 0 Å². The maximum absolute atomic E-state index is 13.4. The zero-order valence-corrected chi connectivity index (χ0v) is 20.4. The molecular formula is C27H28ClN5O. The minimum absolute atomic E-state index is 0.0924. The number of anilines is 1. The van der Waals surface area contributed by atoms with Gasteiger partial charge in [-0.3, -0.25) is 4.79 Å². The van der Waals surface area contributed by atoms with Crippen LogP contribution in [0.3, 0.4) is 0 Å². The number of amides is 1. The van der Waals surface area contributed by atoms with Crippen molar-refractivity contribution in [3.63, 3.8) is 0 Å². The van der Waals surface area contributed by atoms with Crippen molar-refractivity contribution in [2.45, 2.75) is 52.6 Å². The number of hydrogen-bond acceptors (Lipinski definition) is 3. The topological polar surface area (TPSA) is 64.7 Å². The quantitative estimate of drug-likeness (QED) is 0.393. The van der Waals surface area contributed by atoms with Crippen molar-refractivity contribution in [2.24, 2.45) is 0 Å². The first-order valence-corrected chi connectivity index (χ1v) is 12.0. The standard InChI is InChI=1S/C27H28ClN5O/c1-17-11-13-20(14-12-17)16-32-25(28)24(19(3)31-32)27(34)30-26-18(2)15-29-33(26)23-10-6-8-21-7-4-5-9-22(21)23/h4-5,7,9,11-15,23H,6,8,10,16H2,1-3H3,(H,30,34). The summed E-state index contributed by atoms with van der Waals surface area (Å²) in [4.78, 5) is 13.4. The summed E-state index contributed by atoms with van der Waals surface area (Å²) < 4.78 is 3.63. The Balaban J connectivity index is 1.43. The van der Waals surface area contributed by atoms with Gasteiger partial charge in [0.05, 0.1) is 30.0 Å². The van der Waals surface area contributed by atoms with Gasteiger partial charge in [0.15, 0.2) is 0 Å². The second-order valence-corrected chi connectivity index (χ2v) is 9.43. The Hall–Kier alpha value is -3.38. The van der Waals surface area contributed by atoms with Crippen LogP contribution in [0, 0.1) is 20.8 Å². The van der Waals surface area contributed by atoms with Gasteiger partial charge < -0.3 is 5.32 Å². The van der Waals surface area contributed by atoms with Gasteiger partial charge >= 0.3 is 0 Å². The molecule has 174 valence electrons. The third kappa shape index (κ3) is 4.14. The van der Waals surface area contributed by atoms with Crippen molar-refractivity contribution >= 4 is 23.3 Å². The predicted octanol–water partition coefficient (Wildman–Crippen LogP) is 5.88. The van der Waals surface area contributed by atoms with Gasteiger partial charge in [-0.25, -0.2) is 9.36 Å². The van der Waals surface area contributed by atoms with Crippen LogP contribution >= 0.6 is 11.6 Å². The van der Waals surface area contributed by atoms with Crippen LogP contribution in [0.5, 0.6) is 0 Å². The fraction of sp³-hybridized carbons (Fsp3) is 0.296. The van der Waals surface area contributed by atoms with E-state index < -0.39 is 0 Å². The van der Waals surface area contributed by atoms with Gasteiger partial charge in [-0.15, -0.1) is 0 Å². The van der Waals surface area contributed by atoms with Crippen LogP contribution in [-0.4, -0.2) is 25.5 Å². The van der Waals surface area contributed by atoms with Crippen molar-refractivity contribution in [3.05, 3.63) is 99.0 Å². The summed E-state index contributed by atoms with van der Waals surface area (Å²) in [6.07, 6.45) is 4.95. The van der Waals surface area contributed by atoms with Crippen LogP contribution in [0.2, 0.25) is 5.15 Å². The van der Waals surface area contributed by atoms with Gasteiger partial charge in [-0.1, -0.05) is 65.7 Å². The van der Waals surface area contributed by atoms with Crippen molar-refractivity contribution < 1.29 is 4.79 Å². The lowest BCUT2D eigenvalue weighted by atomic mass is 9.88. The molecule has 0 radical (unpaired) electrons. The van der Waals surface area contributed by atoms with E-state index >= 15 is 0 Å². The molecule has 6 nitrogen and oxygen atoms in total. The van der Waals surface area contributed by atoms with Gasteiger partial charge in [0.2, 0.25) is 0 Å². The molecular weight excluding hydrogens is 446 g/mol. The lowest BCUT2D eigenvalue weighted by Crippen LogP contribution is -2.23. The second kappa shape index (κ2) is 9.11. The maximum Gasteiger partial charge on any atom is 0.261 e. The maximum atomic E-state index is 13.4. The fourth-order valence-electron chi connectivity index (χ4n) is 4.78. The number of carbonyl (C=O) groups excluding carboxylic acids is 1. The molecule has 1 amide bonds. The number of halogens is 1. The molecule has 34 heavy (non-hydrogen) atoms. The normalized spacial score (nSPS) is 15.2. The third-order valence-electron chi connectivity index (χ3n) is 6.59. The lowest BCUT2D eigenvalue weighted by molar-refractivity contribution is 0.102. The molecule has 1 unspecified atom stereocenters. The average molecular weight is 474 g/mol. The van der Waals surface area contributed by atoms with E-state index in [9.17, 15) is 4.79 Å². The summed E-state index contributed by atoms with van der Waals surface area (Å²) in [6.45, 7) is 6.33. The van der Waals surface area contributed by atoms with E-state index in [2.05, 4.69) is 58.8 Å². The molecule has 5 rings (SSSR count). The molecule has 0 spiro atoms. The highest BCUT2D eigenvalue weighted by Crippen LogP contribution is 2.35. The Morgan fingerprint density at radius 3 is 2.68 bits per heavy atom. The van der Waals surface area contributed by atoms with E-state index in [1.54, 1.807) is 4.68 Å². The minimum Gasteiger partial charge on any atom is -0.306 e. The number of rotatable bonds is 5. The van der Waals surface area contributed by atoms with E-state index in [1.165, 1.54) is 16.7 Å². The van der Waals surface area contributed by atoms with Crippen LogP contribution in [0.4, 0.5) is 5.82 Å². The Bertz CT molecular complexity index is 1350. The molecule has 2 heterocycles. The summed E-state index contributed by atoms with van der Waals surface area (Å²) >= 11 is 6.66. The number of nitrogens with one attached hydrogen (secondary N) is 1.